The summed E-state index contributed by atoms with van der Waals surface area (Å²) >= 11 is 0. The highest BCUT2D eigenvalue weighted by Gasteiger charge is 2.34. The van der Waals surface area contributed by atoms with Gasteiger partial charge in [0, 0.05) is 33.8 Å². The van der Waals surface area contributed by atoms with Crippen LogP contribution in [0, 0.1) is 5.92 Å². The second-order valence-electron chi connectivity index (χ2n) is 4.44. The van der Waals surface area contributed by atoms with E-state index < -0.39 is 0 Å². The van der Waals surface area contributed by atoms with Crippen molar-refractivity contribution in [2.24, 2.45) is 5.92 Å². The van der Waals surface area contributed by atoms with Gasteiger partial charge < -0.3 is 14.5 Å². The highest BCUT2D eigenvalue weighted by Crippen LogP contribution is 2.35. The van der Waals surface area contributed by atoms with Gasteiger partial charge in [0.2, 0.25) is 0 Å². The summed E-state index contributed by atoms with van der Waals surface area (Å²) in [5.74, 6) is 0.700. The van der Waals surface area contributed by atoms with Gasteiger partial charge >= 0.3 is 6.03 Å². The van der Waals surface area contributed by atoms with Gasteiger partial charge in [0.1, 0.15) is 0 Å². The van der Waals surface area contributed by atoms with Crippen molar-refractivity contribution >= 4 is 6.03 Å². The number of carbonyl (C=O) groups excluding carboxylic acids is 1. The molecule has 0 spiro atoms. The molecule has 1 rings (SSSR count). The van der Waals surface area contributed by atoms with Gasteiger partial charge in [-0.05, 0) is 25.7 Å². The molecule has 0 radical (unpaired) electrons. The summed E-state index contributed by atoms with van der Waals surface area (Å²) in [5.41, 5.74) is 0. The van der Waals surface area contributed by atoms with E-state index >= 15 is 0 Å². The first-order valence-electron chi connectivity index (χ1n) is 5.54. The van der Waals surface area contributed by atoms with E-state index in [2.05, 4.69) is 6.92 Å². The average Bonchev–Trinajstić information content (AvgIpc) is 3.00. The smallest absolute Gasteiger partial charge is 0.319 e. The minimum absolute atomic E-state index is 0.0893. The first-order chi connectivity index (χ1) is 7.07. The number of methoxy groups -OCH3 is 1. The number of amides is 2. The predicted molar refractivity (Wildman–Crippen MR) is 59.9 cm³/mol. The Balaban J connectivity index is 2.54. The van der Waals surface area contributed by atoms with Crippen LogP contribution in [-0.4, -0.2) is 56.2 Å². The lowest BCUT2D eigenvalue weighted by Crippen LogP contribution is -2.46. The largest absolute Gasteiger partial charge is 0.383 e. The molecule has 0 aromatic heterocycles. The zero-order valence-corrected chi connectivity index (χ0v) is 10.2. The van der Waals surface area contributed by atoms with E-state index in [0.29, 0.717) is 25.1 Å². The van der Waals surface area contributed by atoms with Crippen molar-refractivity contribution < 1.29 is 9.53 Å². The molecule has 1 saturated carbocycles. The highest BCUT2D eigenvalue weighted by molar-refractivity contribution is 5.74. The molecule has 0 aromatic rings. The second kappa shape index (κ2) is 5.35. The molecule has 1 atom stereocenters. The van der Waals surface area contributed by atoms with Gasteiger partial charge in [-0.15, -0.1) is 0 Å². The molecule has 0 heterocycles. The van der Waals surface area contributed by atoms with Gasteiger partial charge in [0.25, 0.3) is 0 Å². The van der Waals surface area contributed by atoms with Gasteiger partial charge in [-0.25, -0.2) is 4.79 Å². The van der Waals surface area contributed by atoms with Crippen molar-refractivity contribution in [1.82, 2.24) is 9.80 Å². The van der Waals surface area contributed by atoms with Crippen molar-refractivity contribution in [3.63, 3.8) is 0 Å². The van der Waals surface area contributed by atoms with Gasteiger partial charge in [-0.1, -0.05) is 0 Å². The molecule has 0 bridgehead atoms. The zero-order valence-electron chi connectivity index (χ0n) is 10.2. The Morgan fingerprint density at radius 2 is 2.07 bits per heavy atom. The van der Waals surface area contributed by atoms with E-state index in [0.717, 1.165) is 0 Å². The second-order valence-corrected chi connectivity index (χ2v) is 4.44. The number of carbonyl (C=O) groups is 1. The summed E-state index contributed by atoms with van der Waals surface area (Å²) in [5, 5.41) is 0. The van der Waals surface area contributed by atoms with Crippen LogP contribution in [0.15, 0.2) is 0 Å². The third-order valence-electron chi connectivity index (χ3n) is 2.96. The maximum atomic E-state index is 11.9. The maximum absolute atomic E-state index is 11.9. The molecule has 1 unspecified atom stereocenters. The lowest BCUT2D eigenvalue weighted by Gasteiger charge is -2.31. The topological polar surface area (TPSA) is 32.8 Å². The van der Waals surface area contributed by atoms with E-state index in [1.165, 1.54) is 12.8 Å². The van der Waals surface area contributed by atoms with Crippen LogP contribution in [0.4, 0.5) is 4.79 Å². The van der Waals surface area contributed by atoms with Gasteiger partial charge in [-0.3, -0.25) is 0 Å². The molecule has 1 aliphatic rings. The first-order valence-corrected chi connectivity index (χ1v) is 5.54. The molecule has 0 aliphatic heterocycles. The summed E-state index contributed by atoms with van der Waals surface area (Å²) in [4.78, 5) is 15.5. The number of ether oxygens (including phenoxy) is 1. The zero-order chi connectivity index (χ0) is 11.4. The van der Waals surface area contributed by atoms with Crippen LogP contribution in [0.5, 0.6) is 0 Å². The van der Waals surface area contributed by atoms with Crippen LogP contribution in [-0.2, 0) is 4.74 Å². The van der Waals surface area contributed by atoms with E-state index in [9.17, 15) is 4.79 Å². The van der Waals surface area contributed by atoms with Gasteiger partial charge in [-0.2, -0.15) is 0 Å². The van der Waals surface area contributed by atoms with E-state index in [4.69, 9.17) is 4.74 Å². The van der Waals surface area contributed by atoms with Crippen LogP contribution >= 0.6 is 0 Å². The molecule has 15 heavy (non-hydrogen) atoms. The van der Waals surface area contributed by atoms with Crippen molar-refractivity contribution in [2.45, 2.75) is 25.8 Å². The van der Waals surface area contributed by atoms with Crippen molar-refractivity contribution in [1.29, 1.82) is 0 Å². The Morgan fingerprint density at radius 3 is 2.47 bits per heavy atom. The molecule has 88 valence electrons. The summed E-state index contributed by atoms with van der Waals surface area (Å²) in [7, 11) is 5.25. The van der Waals surface area contributed by atoms with Crippen LogP contribution in [0.2, 0.25) is 0 Å². The van der Waals surface area contributed by atoms with Crippen LogP contribution in [0.1, 0.15) is 19.8 Å². The fourth-order valence-electron chi connectivity index (χ4n) is 1.75. The van der Waals surface area contributed by atoms with Crippen molar-refractivity contribution in [2.75, 3.05) is 34.4 Å². The summed E-state index contributed by atoms with van der Waals surface area (Å²) in [6.07, 6.45) is 2.51. The van der Waals surface area contributed by atoms with Crippen LogP contribution < -0.4 is 0 Å². The van der Waals surface area contributed by atoms with Crippen molar-refractivity contribution in [3.8, 4) is 0 Å². The minimum atomic E-state index is 0.0893. The summed E-state index contributed by atoms with van der Waals surface area (Å²) < 4.78 is 5.04. The fraction of sp³-hybridized carbons (Fsp3) is 0.909. The number of hydrogen-bond donors (Lipinski definition) is 0. The Labute approximate surface area is 92.2 Å². The average molecular weight is 214 g/mol. The molecular weight excluding hydrogens is 192 g/mol. The normalized spacial score (nSPS) is 17.3. The number of hydrogen-bond acceptors (Lipinski definition) is 2. The van der Waals surface area contributed by atoms with E-state index in [-0.39, 0.29) is 6.03 Å². The Bertz CT molecular complexity index is 215. The minimum Gasteiger partial charge on any atom is -0.383 e. The van der Waals surface area contributed by atoms with Crippen LogP contribution in [0.25, 0.3) is 0 Å². The predicted octanol–water partition coefficient (Wildman–Crippen LogP) is 1.41. The molecular formula is C11H22N2O2. The van der Waals surface area contributed by atoms with E-state index in [1.807, 2.05) is 4.90 Å². The standard InChI is InChI=1S/C11H22N2O2/c1-9(10-5-6-10)13(7-8-15-4)11(14)12(2)3/h9-10H,5-8H2,1-4H3. The Kier molecular flexibility index (Phi) is 4.39. The first kappa shape index (κ1) is 12.3. The number of nitrogens with zero attached hydrogens (tertiary/aromatic N) is 2. The van der Waals surface area contributed by atoms with E-state index in [1.54, 1.807) is 26.1 Å². The molecule has 0 aromatic carbocycles. The maximum Gasteiger partial charge on any atom is 0.319 e. The molecule has 1 fully saturated rings. The van der Waals surface area contributed by atoms with Crippen LogP contribution in [0.3, 0.4) is 0 Å². The van der Waals surface area contributed by atoms with Gasteiger partial charge in [0.05, 0.1) is 6.61 Å². The number of rotatable bonds is 5. The monoisotopic (exact) mass is 214 g/mol. The SMILES string of the molecule is COCCN(C(=O)N(C)C)C(C)C1CC1. The lowest BCUT2D eigenvalue weighted by atomic mass is 10.2. The molecule has 1 aliphatic carbocycles. The number of urea groups is 1. The Hall–Kier alpha value is -0.770. The third kappa shape index (κ3) is 3.38. The molecule has 2 amide bonds. The quantitative estimate of drug-likeness (QED) is 0.693. The summed E-state index contributed by atoms with van der Waals surface area (Å²) in [6, 6.07) is 0.432. The molecule has 0 N–H and O–H groups in total. The molecule has 4 nitrogen and oxygen atoms in total. The fourth-order valence-corrected chi connectivity index (χ4v) is 1.75. The molecule has 0 saturated heterocycles. The third-order valence-corrected chi connectivity index (χ3v) is 2.96. The van der Waals surface area contributed by atoms with Crippen molar-refractivity contribution in [3.05, 3.63) is 0 Å². The lowest BCUT2D eigenvalue weighted by molar-refractivity contribution is 0.113. The molecule has 4 heteroatoms. The summed E-state index contributed by atoms with van der Waals surface area (Å²) in [6.45, 7) is 3.43. The highest BCUT2D eigenvalue weighted by atomic mass is 16.5. The Morgan fingerprint density at radius 1 is 1.47 bits per heavy atom. The van der Waals surface area contributed by atoms with Gasteiger partial charge in [0.15, 0.2) is 0 Å².